The summed E-state index contributed by atoms with van der Waals surface area (Å²) in [6, 6.07) is 17.8. The number of carbonyl (C=O) groups excluding carboxylic acids is 1. The van der Waals surface area contributed by atoms with Gasteiger partial charge in [0.15, 0.2) is 0 Å². The Balaban J connectivity index is 1.68. The van der Waals surface area contributed by atoms with E-state index in [-0.39, 0.29) is 12.1 Å². The maximum atomic E-state index is 12.7. The summed E-state index contributed by atoms with van der Waals surface area (Å²) >= 11 is 0. The van der Waals surface area contributed by atoms with E-state index in [0.717, 1.165) is 22.4 Å². The van der Waals surface area contributed by atoms with Crippen LogP contribution in [0, 0.1) is 0 Å². The van der Waals surface area contributed by atoms with Gasteiger partial charge in [0.2, 0.25) is 0 Å². The molecule has 2 N–H and O–H groups in total. The van der Waals surface area contributed by atoms with Crippen LogP contribution < -0.4 is 5.32 Å². The van der Waals surface area contributed by atoms with Gasteiger partial charge in [-0.15, -0.1) is 0 Å². The molecule has 5 nitrogen and oxygen atoms in total. The number of urea groups is 1. The molecular formula is C20H22N4O. The summed E-state index contributed by atoms with van der Waals surface area (Å²) in [6.45, 7) is 4.62. The lowest BCUT2D eigenvalue weighted by atomic mass is 10.1. The van der Waals surface area contributed by atoms with Crippen molar-refractivity contribution in [3.8, 4) is 11.1 Å². The molecule has 5 heteroatoms. The number of carbonyl (C=O) groups is 1. The fraction of sp³-hybridized carbons (Fsp3) is 0.200. The summed E-state index contributed by atoms with van der Waals surface area (Å²) in [5, 5.41) is 9.73. The molecule has 0 fully saturated rings. The first-order chi connectivity index (χ1) is 12.1. The van der Waals surface area contributed by atoms with E-state index in [0.29, 0.717) is 6.54 Å². The third-order valence-corrected chi connectivity index (χ3v) is 4.05. The molecule has 0 unspecified atom stereocenters. The van der Waals surface area contributed by atoms with Gasteiger partial charge in [-0.1, -0.05) is 42.5 Å². The van der Waals surface area contributed by atoms with E-state index >= 15 is 0 Å². The molecule has 0 saturated carbocycles. The first-order valence-corrected chi connectivity index (χ1v) is 8.34. The Labute approximate surface area is 147 Å². The predicted molar refractivity (Wildman–Crippen MR) is 100 cm³/mol. The lowest BCUT2D eigenvalue weighted by Gasteiger charge is -2.27. The molecule has 3 rings (SSSR count). The van der Waals surface area contributed by atoms with Crippen LogP contribution in [-0.4, -0.2) is 27.2 Å². The van der Waals surface area contributed by atoms with Crippen molar-refractivity contribution in [2.75, 3.05) is 5.32 Å². The van der Waals surface area contributed by atoms with Crippen molar-refractivity contribution in [3.63, 3.8) is 0 Å². The third-order valence-electron chi connectivity index (χ3n) is 4.05. The number of amides is 2. The zero-order chi connectivity index (χ0) is 17.6. The summed E-state index contributed by atoms with van der Waals surface area (Å²) in [7, 11) is 0. The average molecular weight is 334 g/mol. The number of hydrogen-bond donors (Lipinski definition) is 2. The molecule has 3 aromatic rings. The average Bonchev–Trinajstić information content (AvgIpc) is 3.15. The zero-order valence-corrected chi connectivity index (χ0v) is 14.4. The van der Waals surface area contributed by atoms with Crippen LogP contribution in [0.3, 0.4) is 0 Å². The SMILES string of the molecule is CC(C)N(Cc1ccccc1)C(=O)Nc1ccc(-c2cn[nH]c2)cc1. The number of nitrogens with zero attached hydrogens (tertiary/aromatic N) is 2. The van der Waals surface area contributed by atoms with Crippen LogP contribution in [0.4, 0.5) is 10.5 Å². The number of nitrogens with one attached hydrogen (secondary N) is 2. The van der Waals surface area contributed by atoms with Gasteiger partial charge in [0, 0.05) is 30.0 Å². The summed E-state index contributed by atoms with van der Waals surface area (Å²) in [6.07, 6.45) is 3.61. The van der Waals surface area contributed by atoms with Crippen molar-refractivity contribution in [2.45, 2.75) is 26.4 Å². The third kappa shape index (κ3) is 4.26. The van der Waals surface area contributed by atoms with Crippen molar-refractivity contribution in [2.24, 2.45) is 0 Å². The normalized spacial score (nSPS) is 10.7. The van der Waals surface area contributed by atoms with E-state index < -0.39 is 0 Å². The molecule has 2 amide bonds. The maximum Gasteiger partial charge on any atom is 0.322 e. The molecule has 0 spiro atoms. The predicted octanol–water partition coefficient (Wildman–Crippen LogP) is 4.52. The van der Waals surface area contributed by atoms with Gasteiger partial charge >= 0.3 is 6.03 Å². The molecule has 25 heavy (non-hydrogen) atoms. The van der Waals surface area contributed by atoms with Crippen molar-refractivity contribution in [1.29, 1.82) is 0 Å². The maximum absolute atomic E-state index is 12.7. The summed E-state index contributed by atoms with van der Waals surface area (Å²) in [5.41, 5.74) is 3.96. The fourth-order valence-corrected chi connectivity index (χ4v) is 2.62. The van der Waals surface area contributed by atoms with E-state index in [4.69, 9.17) is 0 Å². The minimum atomic E-state index is -0.102. The zero-order valence-electron chi connectivity index (χ0n) is 14.4. The lowest BCUT2D eigenvalue weighted by molar-refractivity contribution is 0.193. The standard InChI is InChI=1S/C20H22N4O/c1-15(2)24(14-16-6-4-3-5-7-16)20(25)23-19-10-8-17(9-11-19)18-12-21-22-13-18/h3-13,15H,14H2,1-2H3,(H,21,22)(H,23,25). The Morgan fingerprint density at radius 2 is 1.80 bits per heavy atom. The van der Waals surface area contributed by atoms with Crippen LogP contribution in [0.5, 0.6) is 0 Å². The Bertz CT molecular complexity index is 795. The van der Waals surface area contributed by atoms with Crippen LogP contribution >= 0.6 is 0 Å². The Morgan fingerprint density at radius 1 is 1.08 bits per heavy atom. The van der Waals surface area contributed by atoms with E-state index in [1.54, 1.807) is 6.20 Å². The lowest BCUT2D eigenvalue weighted by Crippen LogP contribution is -2.39. The molecule has 0 bridgehead atoms. The molecule has 1 heterocycles. The van der Waals surface area contributed by atoms with Crippen LogP contribution in [0.15, 0.2) is 67.0 Å². The topological polar surface area (TPSA) is 61.0 Å². The Morgan fingerprint density at radius 3 is 2.40 bits per heavy atom. The first-order valence-electron chi connectivity index (χ1n) is 8.34. The van der Waals surface area contributed by atoms with E-state index in [1.165, 1.54) is 0 Å². The van der Waals surface area contributed by atoms with Crippen molar-refractivity contribution < 1.29 is 4.79 Å². The van der Waals surface area contributed by atoms with E-state index in [9.17, 15) is 4.79 Å². The summed E-state index contributed by atoms with van der Waals surface area (Å²) in [5.74, 6) is 0. The van der Waals surface area contributed by atoms with E-state index in [1.807, 2.05) is 79.5 Å². The number of aromatic amines is 1. The Hall–Kier alpha value is -3.08. The van der Waals surface area contributed by atoms with Gasteiger partial charge in [0.1, 0.15) is 0 Å². The second-order valence-corrected chi connectivity index (χ2v) is 6.20. The van der Waals surface area contributed by atoms with Crippen LogP contribution in [0.2, 0.25) is 0 Å². The van der Waals surface area contributed by atoms with Gasteiger partial charge in [0.05, 0.1) is 6.20 Å². The summed E-state index contributed by atoms with van der Waals surface area (Å²) < 4.78 is 0. The first kappa shape index (κ1) is 16.8. The quantitative estimate of drug-likeness (QED) is 0.720. The van der Waals surface area contributed by atoms with Crippen LogP contribution in [0.1, 0.15) is 19.4 Å². The molecule has 0 aliphatic heterocycles. The van der Waals surface area contributed by atoms with Gasteiger partial charge in [0.25, 0.3) is 0 Å². The molecule has 128 valence electrons. The molecular weight excluding hydrogens is 312 g/mol. The fourth-order valence-electron chi connectivity index (χ4n) is 2.62. The van der Waals surface area contributed by atoms with Crippen molar-refractivity contribution >= 4 is 11.7 Å². The van der Waals surface area contributed by atoms with Crippen molar-refractivity contribution in [1.82, 2.24) is 15.1 Å². The highest BCUT2D eigenvalue weighted by Crippen LogP contribution is 2.20. The second kappa shape index (κ2) is 7.66. The molecule has 2 aromatic carbocycles. The largest absolute Gasteiger partial charge is 0.322 e. The molecule has 0 aliphatic rings. The number of hydrogen-bond acceptors (Lipinski definition) is 2. The van der Waals surface area contributed by atoms with Gasteiger partial charge in [-0.3, -0.25) is 5.10 Å². The highest BCUT2D eigenvalue weighted by Gasteiger charge is 2.17. The number of anilines is 1. The van der Waals surface area contributed by atoms with Gasteiger partial charge in [-0.25, -0.2) is 4.79 Å². The van der Waals surface area contributed by atoms with Crippen LogP contribution in [0.25, 0.3) is 11.1 Å². The molecule has 0 radical (unpaired) electrons. The highest BCUT2D eigenvalue weighted by molar-refractivity contribution is 5.89. The van der Waals surface area contributed by atoms with E-state index in [2.05, 4.69) is 15.5 Å². The number of benzene rings is 2. The minimum absolute atomic E-state index is 0.102. The molecule has 0 atom stereocenters. The number of rotatable bonds is 5. The van der Waals surface area contributed by atoms with Gasteiger partial charge < -0.3 is 10.2 Å². The molecule has 1 aromatic heterocycles. The number of aromatic nitrogens is 2. The van der Waals surface area contributed by atoms with Gasteiger partial charge in [-0.2, -0.15) is 5.10 Å². The molecule has 0 aliphatic carbocycles. The minimum Gasteiger partial charge on any atom is -0.318 e. The highest BCUT2D eigenvalue weighted by atomic mass is 16.2. The monoisotopic (exact) mass is 334 g/mol. The van der Waals surface area contributed by atoms with Crippen LogP contribution in [-0.2, 0) is 6.54 Å². The Kier molecular flexibility index (Phi) is 5.14. The smallest absolute Gasteiger partial charge is 0.318 e. The van der Waals surface area contributed by atoms with Gasteiger partial charge in [-0.05, 0) is 37.1 Å². The van der Waals surface area contributed by atoms with Crippen molar-refractivity contribution in [3.05, 3.63) is 72.6 Å². The molecule has 0 saturated heterocycles. The summed E-state index contributed by atoms with van der Waals surface area (Å²) in [4.78, 5) is 14.5. The second-order valence-electron chi connectivity index (χ2n) is 6.20. The number of H-pyrrole nitrogens is 1.